The first-order valence-corrected chi connectivity index (χ1v) is 8.35. The second-order valence-electron chi connectivity index (χ2n) is 4.78. The number of anilines is 1. The van der Waals surface area contributed by atoms with Crippen LogP contribution in [0.4, 0.5) is 5.69 Å². The molecule has 4 nitrogen and oxygen atoms in total. The Hall–Kier alpha value is -1.92. The first kappa shape index (κ1) is 14.0. The van der Waals surface area contributed by atoms with E-state index in [0.29, 0.717) is 17.1 Å². The minimum Gasteiger partial charge on any atom is -0.397 e. The Kier molecular flexibility index (Phi) is 3.90. The first-order chi connectivity index (χ1) is 10.2. The van der Waals surface area contributed by atoms with Crippen molar-refractivity contribution < 1.29 is 4.79 Å². The number of rotatable bonds is 4. The van der Waals surface area contributed by atoms with Crippen LogP contribution in [0.1, 0.15) is 20.9 Å². The van der Waals surface area contributed by atoms with E-state index in [1.54, 1.807) is 16.8 Å². The molecule has 1 amide bonds. The second-order valence-corrected chi connectivity index (χ2v) is 6.52. The van der Waals surface area contributed by atoms with Crippen LogP contribution in [-0.4, -0.2) is 17.4 Å². The van der Waals surface area contributed by atoms with E-state index in [4.69, 9.17) is 5.73 Å². The highest BCUT2D eigenvalue weighted by atomic mass is 32.1. The molecule has 3 N–H and O–H groups in total. The Labute approximate surface area is 130 Å². The quantitative estimate of drug-likeness (QED) is 0.776. The number of amides is 1. The highest BCUT2D eigenvalue weighted by Gasteiger charge is 2.16. The zero-order valence-electron chi connectivity index (χ0n) is 11.6. The largest absolute Gasteiger partial charge is 0.397 e. The number of carbonyl (C=O) groups excluding carboxylic acids is 1. The van der Waals surface area contributed by atoms with E-state index in [2.05, 4.69) is 10.3 Å². The highest BCUT2D eigenvalue weighted by Crippen LogP contribution is 2.35. The van der Waals surface area contributed by atoms with Crippen LogP contribution >= 0.6 is 22.7 Å². The Morgan fingerprint density at radius 1 is 1.43 bits per heavy atom. The summed E-state index contributed by atoms with van der Waals surface area (Å²) >= 11 is 3.02. The molecule has 0 saturated heterocycles. The fourth-order valence-corrected chi connectivity index (χ4v) is 3.89. The number of carbonyl (C=O) groups is 1. The number of nitrogens with one attached hydrogen (secondary N) is 1. The molecule has 0 atom stereocenters. The van der Waals surface area contributed by atoms with Crippen molar-refractivity contribution in [1.29, 1.82) is 0 Å². The van der Waals surface area contributed by atoms with Crippen LogP contribution in [0, 0.1) is 6.92 Å². The number of benzene rings is 1. The van der Waals surface area contributed by atoms with Crippen LogP contribution in [-0.2, 0) is 6.42 Å². The molecule has 2 aromatic heterocycles. The molecule has 0 radical (unpaired) electrons. The van der Waals surface area contributed by atoms with E-state index >= 15 is 0 Å². The van der Waals surface area contributed by atoms with Gasteiger partial charge in [-0.05, 0) is 12.5 Å². The van der Waals surface area contributed by atoms with Crippen molar-refractivity contribution in [2.24, 2.45) is 0 Å². The molecule has 3 rings (SSSR count). The van der Waals surface area contributed by atoms with Gasteiger partial charge in [0.25, 0.3) is 5.91 Å². The summed E-state index contributed by atoms with van der Waals surface area (Å²) in [5.41, 5.74) is 10.6. The van der Waals surface area contributed by atoms with Gasteiger partial charge >= 0.3 is 0 Å². The molecule has 6 heteroatoms. The maximum absolute atomic E-state index is 12.3. The molecule has 3 aromatic rings. The number of aryl methyl sites for hydroxylation is 1. The lowest BCUT2D eigenvalue weighted by Crippen LogP contribution is -2.25. The summed E-state index contributed by atoms with van der Waals surface area (Å²) in [5.74, 6) is -0.108. The van der Waals surface area contributed by atoms with Gasteiger partial charge in [0.1, 0.15) is 4.88 Å². The summed E-state index contributed by atoms with van der Waals surface area (Å²) in [6.07, 6.45) is 0.735. The van der Waals surface area contributed by atoms with E-state index < -0.39 is 0 Å². The number of fused-ring (bicyclic) bond motifs is 1. The number of aromatic nitrogens is 1. The summed E-state index contributed by atoms with van der Waals surface area (Å²) < 4.78 is 1.08. The molecule has 0 spiro atoms. The molecular formula is C15H15N3OS2. The van der Waals surface area contributed by atoms with E-state index in [1.165, 1.54) is 11.3 Å². The van der Waals surface area contributed by atoms with Gasteiger partial charge in [0, 0.05) is 28.4 Å². The number of nitrogen functional groups attached to an aromatic ring is 1. The van der Waals surface area contributed by atoms with Crippen molar-refractivity contribution in [3.8, 4) is 0 Å². The van der Waals surface area contributed by atoms with Crippen LogP contribution in [0.15, 0.2) is 29.1 Å². The van der Waals surface area contributed by atoms with Crippen molar-refractivity contribution in [2.45, 2.75) is 13.3 Å². The van der Waals surface area contributed by atoms with Gasteiger partial charge < -0.3 is 11.1 Å². The molecular weight excluding hydrogens is 302 g/mol. The predicted octanol–water partition coefficient (Wildman–Crippen LogP) is 3.22. The highest BCUT2D eigenvalue weighted by molar-refractivity contribution is 7.21. The predicted molar refractivity (Wildman–Crippen MR) is 89.1 cm³/mol. The number of hydrogen-bond acceptors (Lipinski definition) is 5. The van der Waals surface area contributed by atoms with Gasteiger partial charge in [0.2, 0.25) is 0 Å². The Morgan fingerprint density at radius 3 is 3.00 bits per heavy atom. The van der Waals surface area contributed by atoms with E-state index in [0.717, 1.165) is 27.8 Å². The smallest absolute Gasteiger partial charge is 0.263 e. The molecule has 1 aromatic carbocycles. The molecule has 108 valence electrons. The lowest BCUT2D eigenvalue weighted by molar-refractivity contribution is 0.0959. The fourth-order valence-electron chi connectivity index (χ4n) is 2.19. The summed E-state index contributed by atoms with van der Waals surface area (Å²) in [6, 6.07) is 5.95. The summed E-state index contributed by atoms with van der Waals surface area (Å²) in [7, 11) is 0. The van der Waals surface area contributed by atoms with Gasteiger partial charge in [0.05, 0.1) is 16.9 Å². The number of hydrogen-bond donors (Lipinski definition) is 2. The average molecular weight is 317 g/mol. The average Bonchev–Trinajstić information content (AvgIpc) is 3.08. The fraction of sp³-hybridized carbons (Fsp3) is 0.200. The Balaban J connectivity index is 1.75. The lowest BCUT2D eigenvalue weighted by atomic mass is 10.1. The normalized spacial score (nSPS) is 10.9. The van der Waals surface area contributed by atoms with Crippen LogP contribution < -0.4 is 11.1 Å². The summed E-state index contributed by atoms with van der Waals surface area (Å²) in [6.45, 7) is 2.59. The zero-order chi connectivity index (χ0) is 14.8. The van der Waals surface area contributed by atoms with Gasteiger partial charge in [-0.1, -0.05) is 18.2 Å². The monoisotopic (exact) mass is 317 g/mol. The molecule has 0 bridgehead atoms. The minimum absolute atomic E-state index is 0.108. The Morgan fingerprint density at radius 2 is 2.29 bits per heavy atom. The van der Waals surface area contributed by atoms with Crippen LogP contribution in [0.2, 0.25) is 0 Å². The van der Waals surface area contributed by atoms with Crippen LogP contribution in [0.3, 0.4) is 0 Å². The second kappa shape index (κ2) is 5.83. The molecule has 21 heavy (non-hydrogen) atoms. The van der Waals surface area contributed by atoms with Gasteiger partial charge in [-0.3, -0.25) is 4.79 Å². The SMILES string of the molecule is Cc1cccc2c(N)c(C(=O)NCCc3cscn3)sc12. The van der Waals surface area contributed by atoms with Gasteiger partial charge in [0.15, 0.2) is 0 Å². The Bertz CT molecular complexity index is 778. The van der Waals surface area contributed by atoms with E-state index in [-0.39, 0.29) is 5.91 Å². The summed E-state index contributed by atoms with van der Waals surface area (Å²) in [5, 5.41) is 5.87. The third-order valence-corrected chi connectivity index (χ3v) is 5.30. The van der Waals surface area contributed by atoms with Gasteiger partial charge in [-0.25, -0.2) is 4.98 Å². The van der Waals surface area contributed by atoms with Crippen LogP contribution in [0.5, 0.6) is 0 Å². The standard InChI is InChI=1S/C15H15N3OS2/c1-9-3-2-4-11-12(16)14(21-13(9)11)15(19)17-6-5-10-7-20-8-18-10/h2-4,7-8H,5-6,16H2,1H3,(H,17,19). The topological polar surface area (TPSA) is 68.0 Å². The number of nitrogens with zero attached hydrogens (tertiary/aromatic N) is 1. The van der Waals surface area contributed by atoms with Crippen molar-refractivity contribution >= 4 is 44.4 Å². The minimum atomic E-state index is -0.108. The molecule has 0 fully saturated rings. The zero-order valence-corrected chi connectivity index (χ0v) is 13.2. The molecule has 0 aliphatic heterocycles. The molecule has 0 aliphatic rings. The number of thiophene rings is 1. The van der Waals surface area contributed by atoms with Crippen molar-refractivity contribution in [3.05, 3.63) is 45.2 Å². The van der Waals surface area contributed by atoms with Crippen molar-refractivity contribution in [1.82, 2.24) is 10.3 Å². The van der Waals surface area contributed by atoms with Crippen molar-refractivity contribution in [2.75, 3.05) is 12.3 Å². The molecule has 0 saturated carbocycles. The lowest BCUT2D eigenvalue weighted by Gasteiger charge is -2.02. The van der Waals surface area contributed by atoms with Gasteiger partial charge in [-0.15, -0.1) is 22.7 Å². The maximum atomic E-state index is 12.3. The summed E-state index contributed by atoms with van der Waals surface area (Å²) in [4.78, 5) is 17.1. The van der Waals surface area contributed by atoms with Crippen LogP contribution in [0.25, 0.3) is 10.1 Å². The molecule has 0 unspecified atom stereocenters. The third-order valence-electron chi connectivity index (χ3n) is 3.31. The third kappa shape index (κ3) is 2.77. The van der Waals surface area contributed by atoms with E-state index in [1.807, 2.05) is 30.5 Å². The number of thiazole rings is 1. The number of nitrogens with two attached hydrogens (primary N) is 1. The van der Waals surface area contributed by atoms with Crippen molar-refractivity contribution in [3.63, 3.8) is 0 Å². The van der Waals surface area contributed by atoms with Gasteiger partial charge in [-0.2, -0.15) is 0 Å². The first-order valence-electron chi connectivity index (χ1n) is 6.59. The van der Waals surface area contributed by atoms with E-state index in [9.17, 15) is 4.79 Å². The molecule has 0 aliphatic carbocycles. The maximum Gasteiger partial charge on any atom is 0.263 e. The molecule has 2 heterocycles.